The lowest BCUT2D eigenvalue weighted by molar-refractivity contribution is 0.0955. The van der Waals surface area contributed by atoms with E-state index in [-0.39, 0.29) is 16.3 Å². The van der Waals surface area contributed by atoms with Crippen LogP contribution in [0.15, 0.2) is 71.8 Å². The third-order valence-corrected chi connectivity index (χ3v) is 6.84. The van der Waals surface area contributed by atoms with Crippen molar-refractivity contribution in [3.63, 3.8) is 0 Å². The van der Waals surface area contributed by atoms with Crippen LogP contribution in [-0.2, 0) is 0 Å². The molecule has 2 atom stereocenters. The number of amides is 1. The Morgan fingerprint density at radius 2 is 2.00 bits per heavy atom. The van der Waals surface area contributed by atoms with Gasteiger partial charge in [-0.3, -0.25) is 9.69 Å². The second-order valence-electron chi connectivity index (χ2n) is 9.14. The monoisotopic (exact) mass is 521 g/mol. The standard InChI is InChI=1S/C29H32ClN3O4/c1-20(34)25-18-24(37-16-15-33-14-6-5-9-27(33)21-7-3-2-4-8-21)12-10-23(25)19-31-32-29(36)22-11-13-28(35)26(30)17-22/h2-4,7-8,10-13,17-20,27,34-35H,5-6,9,14-16H2,1H3,(H,32,36)/b31-19+. The summed E-state index contributed by atoms with van der Waals surface area (Å²) in [5, 5.41) is 23.9. The molecular weight excluding hydrogens is 490 g/mol. The van der Waals surface area contributed by atoms with Gasteiger partial charge in [0.25, 0.3) is 5.91 Å². The average molecular weight is 522 g/mol. The van der Waals surface area contributed by atoms with Crippen LogP contribution in [0.5, 0.6) is 11.5 Å². The maximum atomic E-state index is 12.3. The van der Waals surface area contributed by atoms with Crippen LogP contribution in [0.3, 0.4) is 0 Å². The van der Waals surface area contributed by atoms with Crippen LogP contribution in [0.1, 0.15) is 65.4 Å². The number of phenolic OH excluding ortho intramolecular Hbond substituents is 1. The number of nitrogens with zero attached hydrogens (tertiary/aromatic N) is 2. The minimum Gasteiger partial charge on any atom is -0.506 e. The van der Waals surface area contributed by atoms with Crippen molar-refractivity contribution < 1.29 is 19.7 Å². The van der Waals surface area contributed by atoms with Gasteiger partial charge in [-0.1, -0.05) is 48.4 Å². The number of ether oxygens (including phenoxy) is 1. The summed E-state index contributed by atoms with van der Waals surface area (Å²) in [7, 11) is 0. The molecule has 1 aliphatic rings. The third-order valence-electron chi connectivity index (χ3n) is 6.53. The SMILES string of the molecule is CC(O)c1cc(OCCN2CCCCC2c2ccccc2)ccc1/C=N/NC(=O)c1ccc(O)c(Cl)c1. The molecule has 0 aliphatic carbocycles. The van der Waals surface area contributed by atoms with Gasteiger partial charge in [-0.05, 0) is 73.8 Å². The molecule has 0 aromatic heterocycles. The van der Waals surface area contributed by atoms with Crippen molar-refractivity contribution in [3.8, 4) is 11.5 Å². The van der Waals surface area contributed by atoms with Gasteiger partial charge in [-0.25, -0.2) is 5.43 Å². The van der Waals surface area contributed by atoms with Gasteiger partial charge < -0.3 is 14.9 Å². The van der Waals surface area contributed by atoms with Crippen LogP contribution in [0, 0.1) is 0 Å². The van der Waals surface area contributed by atoms with Gasteiger partial charge >= 0.3 is 0 Å². The average Bonchev–Trinajstić information content (AvgIpc) is 2.91. The maximum Gasteiger partial charge on any atom is 0.271 e. The van der Waals surface area contributed by atoms with Crippen molar-refractivity contribution in [2.45, 2.75) is 38.3 Å². The second-order valence-corrected chi connectivity index (χ2v) is 9.55. The lowest BCUT2D eigenvalue weighted by Crippen LogP contribution is -2.36. The number of nitrogens with one attached hydrogen (secondary N) is 1. The van der Waals surface area contributed by atoms with Crippen molar-refractivity contribution in [2.24, 2.45) is 5.10 Å². The van der Waals surface area contributed by atoms with Gasteiger partial charge in [-0.15, -0.1) is 0 Å². The second kappa shape index (κ2) is 12.7. The molecule has 194 valence electrons. The molecule has 0 radical (unpaired) electrons. The summed E-state index contributed by atoms with van der Waals surface area (Å²) in [4.78, 5) is 14.8. The largest absolute Gasteiger partial charge is 0.506 e. The summed E-state index contributed by atoms with van der Waals surface area (Å²) in [6.45, 7) is 4.09. The molecule has 0 saturated carbocycles. The highest BCUT2D eigenvalue weighted by Crippen LogP contribution is 2.30. The molecule has 1 aliphatic heterocycles. The summed E-state index contributed by atoms with van der Waals surface area (Å²) in [6, 6.07) is 20.6. The molecule has 1 saturated heterocycles. The quantitative estimate of drug-likeness (QED) is 0.256. The van der Waals surface area contributed by atoms with Gasteiger partial charge in [0.2, 0.25) is 0 Å². The van der Waals surface area contributed by atoms with Gasteiger partial charge in [0.1, 0.15) is 18.1 Å². The summed E-state index contributed by atoms with van der Waals surface area (Å²) >= 11 is 5.86. The molecular formula is C29H32ClN3O4. The molecule has 3 aromatic rings. The van der Waals surface area contributed by atoms with E-state index in [2.05, 4.69) is 39.7 Å². The summed E-state index contributed by atoms with van der Waals surface area (Å²) in [5.74, 6) is 0.102. The van der Waals surface area contributed by atoms with E-state index < -0.39 is 12.0 Å². The molecule has 8 heteroatoms. The van der Waals surface area contributed by atoms with Gasteiger partial charge in [0, 0.05) is 23.7 Å². The number of piperidine rings is 1. The number of carbonyl (C=O) groups excluding carboxylic acids is 1. The number of aliphatic hydroxyl groups excluding tert-OH is 1. The highest BCUT2D eigenvalue weighted by Gasteiger charge is 2.23. The number of rotatable bonds is 9. The van der Waals surface area contributed by atoms with Crippen LogP contribution in [0.2, 0.25) is 5.02 Å². The van der Waals surface area contributed by atoms with Gasteiger partial charge in [-0.2, -0.15) is 5.10 Å². The van der Waals surface area contributed by atoms with Crippen molar-refractivity contribution in [2.75, 3.05) is 19.7 Å². The topological polar surface area (TPSA) is 94.4 Å². The van der Waals surface area contributed by atoms with E-state index in [1.54, 1.807) is 19.1 Å². The van der Waals surface area contributed by atoms with Crippen molar-refractivity contribution >= 4 is 23.7 Å². The van der Waals surface area contributed by atoms with E-state index in [9.17, 15) is 15.0 Å². The number of halogens is 1. The van der Waals surface area contributed by atoms with E-state index in [4.69, 9.17) is 16.3 Å². The molecule has 3 aromatic carbocycles. The fourth-order valence-electron chi connectivity index (χ4n) is 4.59. The van der Waals surface area contributed by atoms with Gasteiger partial charge in [0.05, 0.1) is 17.3 Å². The molecule has 2 unspecified atom stereocenters. The van der Waals surface area contributed by atoms with Crippen molar-refractivity contribution in [1.29, 1.82) is 0 Å². The van der Waals surface area contributed by atoms with E-state index >= 15 is 0 Å². The number of hydrogen-bond donors (Lipinski definition) is 3. The molecule has 1 amide bonds. The first-order valence-corrected chi connectivity index (χ1v) is 12.9. The number of aliphatic hydroxyl groups is 1. The van der Waals surface area contributed by atoms with Crippen molar-refractivity contribution in [1.82, 2.24) is 10.3 Å². The number of aromatic hydroxyl groups is 1. The van der Waals surface area contributed by atoms with Gasteiger partial charge in [0.15, 0.2) is 0 Å². The fraction of sp³-hybridized carbons (Fsp3) is 0.310. The number of hydrazone groups is 1. The van der Waals surface area contributed by atoms with Crippen molar-refractivity contribution in [3.05, 3.63) is 94.0 Å². The number of likely N-dealkylation sites (tertiary alicyclic amines) is 1. The Balaban J connectivity index is 1.36. The first-order valence-electron chi connectivity index (χ1n) is 12.5. The summed E-state index contributed by atoms with van der Waals surface area (Å²) in [6.07, 6.45) is 4.31. The highest BCUT2D eigenvalue weighted by molar-refractivity contribution is 6.32. The zero-order chi connectivity index (χ0) is 26.2. The zero-order valence-electron chi connectivity index (χ0n) is 20.8. The first kappa shape index (κ1) is 26.7. The Kier molecular flexibility index (Phi) is 9.17. The Bertz CT molecular complexity index is 1230. The minimum atomic E-state index is -0.749. The molecule has 1 fully saturated rings. The maximum absolute atomic E-state index is 12.3. The van der Waals surface area contributed by atoms with Crippen LogP contribution < -0.4 is 10.2 Å². The lowest BCUT2D eigenvalue weighted by atomic mass is 9.95. The Morgan fingerprint density at radius 1 is 1.19 bits per heavy atom. The molecule has 3 N–H and O–H groups in total. The molecule has 0 bridgehead atoms. The van der Waals surface area contributed by atoms with E-state index in [1.165, 1.54) is 42.8 Å². The predicted molar refractivity (Wildman–Crippen MR) is 145 cm³/mol. The number of benzene rings is 3. The van der Waals surface area contributed by atoms with E-state index in [1.807, 2.05) is 12.1 Å². The normalized spacial score (nSPS) is 17.0. The minimum absolute atomic E-state index is 0.0829. The fourth-order valence-corrected chi connectivity index (χ4v) is 4.77. The predicted octanol–water partition coefficient (Wildman–Crippen LogP) is 5.47. The highest BCUT2D eigenvalue weighted by atomic mass is 35.5. The summed E-state index contributed by atoms with van der Waals surface area (Å²) in [5.41, 5.74) is 5.35. The zero-order valence-corrected chi connectivity index (χ0v) is 21.6. The molecule has 4 rings (SSSR count). The van der Waals surface area contributed by atoms with E-state index in [0.717, 1.165) is 19.5 Å². The van der Waals surface area contributed by atoms with Crippen LogP contribution in [-0.4, -0.2) is 46.9 Å². The first-order chi connectivity index (χ1) is 17.9. The van der Waals surface area contributed by atoms with Crippen LogP contribution in [0.4, 0.5) is 0 Å². The summed E-state index contributed by atoms with van der Waals surface area (Å²) < 4.78 is 6.06. The Hall–Kier alpha value is -3.39. The number of carbonyl (C=O) groups is 1. The third kappa shape index (κ3) is 7.10. The molecule has 7 nitrogen and oxygen atoms in total. The Labute approximate surface area is 222 Å². The lowest BCUT2D eigenvalue weighted by Gasteiger charge is -2.36. The van der Waals surface area contributed by atoms with Crippen LogP contribution >= 0.6 is 11.6 Å². The molecule has 37 heavy (non-hydrogen) atoms. The van der Waals surface area contributed by atoms with E-state index in [0.29, 0.717) is 29.5 Å². The number of hydrogen-bond acceptors (Lipinski definition) is 6. The Morgan fingerprint density at radius 3 is 2.76 bits per heavy atom. The molecule has 0 spiro atoms. The molecule has 1 heterocycles. The number of phenols is 1. The van der Waals surface area contributed by atoms with Crippen LogP contribution in [0.25, 0.3) is 0 Å². The smallest absolute Gasteiger partial charge is 0.271 e.